The number of hydrogen-bond donors (Lipinski definition) is 2. The molecule has 0 spiro atoms. The third-order valence-electron chi connectivity index (χ3n) is 3.88. The van der Waals surface area contributed by atoms with Crippen molar-refractivity contribution < 1.29 is 22.0 Å². The van der Waals surface area contributed by atoms with E-state index >= 15 is 0 Å². The molecular formula is C20H16F2N2O3S. The van der Waals surface area contributed by atoms with Crippen LogP contribution >= 0.6 is 0 Å². The highest BCUT2D eigenvalue weighted by Gasteiger charge is 2.18. The lowest BCUT2D eigenvalue weighted by molar-refractivity contribution is 0.102. The number of nitrogens with one attached hydrogen (secondary N) is 2. The molecule has 0 heterocycles. The maximum absolute atomic E-state index is 14.4. The molecule has 0 saturated carbocycles. The van der Waals surface area contributed by atoms with Gasteiger partial charge in [0.2, 0.25) is 0 Å². The summed E-state index contributed by atoms with van der Waals surface area (Å²) >= 11 is 0. The van der Waals surface area contributed by atoms with Gasteiger partial charge < -0.3 is 5.32 Å². The maximum Gasteiger partial charge on any atom is 0.261 e. The van der Waals surface area contributed by atoms with Gasteiger partial charge in [-0.1, -0.05) is 12.1 Å². The molecule has 2 N–H and O–H groups in total. The van der Waals surface area contributed by atoms with Gasteiger partial charge in [0, 0.05) is 11.3 Å². The van der Waals surface area contributed by atoms with Crippen LogP contribution in [-0.4, -0.2) is 14.3 Å². The maximum atomic E-state index is 14.4. The monoisotopic (exact) mass is 402 g/mol. The fourth-order valence-corrected chi connectivity index (χ4v) is 3.54. The number of rotatable bonds is 5. The number of benzene rings is 3. The minimum absolute atomic E-state index is 0.138. The van der Waals surface area contributed by atoms with Gasteiger partial charge in [0.15, 0.2) is 0 Å². The van der Waals surface area contributed by atoms with Gasteiger partial charge in [-0.25, -0.2) is 17.2 Å². The summed E-state index contributed by atoms with van der Waals surface area (Å²) in [6.45, 7) is 1.82. The molecule has 3 aromatic carbocycles. The first-order valence-corrected chi connectivity index (χ1v) is 9.69. The molecule has 0 unspecified atom stereocenters. The number of hydrogen-bond acceptors (Lipinski definition) is 3. The van der Waals surface area contributed by atoms with Crippen LogP contribution in [0.15, 0.2) is 71.6 Å². The second kappa shape index (κ2) is 7.77. The first-order valence-electron chi connectivity index (χ1n) is 8.20. The molecule has 0 fully saturated rings. The number of halogens is 2. The molecule has 144 valence electrons. The van der Waals surface area contributed by atoms with E-state index in [1.165, 1.54) is 18.2 Å². The fourth-order valence-electron chi connectivity index (χ4n) is 2.48. The number of amides is 1. The lowest BCUT2D eigenvalue weighted by atomic mass is 10.2. The molecule has 0 aliphatic heterocycles. The number of aryl methyl sites for hydroxylation is 1. The summed E-state index contributed by atoms with van der Waals surface area (Å²) in [4.78, 5) is 11.8. The van der Waals surface area contributed by atoms with E-state index in [4.69, 9.17) is 0 Å². The van der Waals surface area contributed by atoms with E-state index in [0.29, 0.717) is 5.69 Å². The van der Waals surface area contributed by atoms with E-state index in [1.54, 1.807) is 18.2 Å². The molecule has 0 atom stereocenters. The Bertz CT molecular complexity index is 1130. The van der Waals surface area contributed by atoms with E-state index < -0.39 is 27.6 Å². The molecule has 0 aliphatic carbocycles. The van der Waals surface area contributed by atoms with Crippen LogP contribution in [-0.2, 0) is 10.0 Å². The van der Waals surface area contributed by atoms with E-state index in [0.717, 1.165) is 29.8 Å². The lowest BCUT2D eigenvalue weighted by Gasteiger charge is -2.11. The molecule has 3 aromatic rings. The Labute approximate surface area is 161 Å². The third-order valence-corrected chi connectivity index (χ3v) is 5.25. The average Bonchev–Trinajstić information content (AvgIpc) is 2.63. The van der Waals surface area contributed by atoms with E-state index in [1.807, 2.05) is 13.0 Å². The van der Waals surface area contributed by atoms with Gasteiger partial charge >= 0.3 is 0 Å². The molecule has 28 heavy (non-hydrogen) atoms. The highest BCUT2D eigenvalue weighted by molar-refractivity contribution is 7.92. The van der Waals surface area contributed by atoms with Crippen LogP contribution in [0.25, 0.3) is 0 Å². The topological polar surface area (TPSA) is 75.3 Å². The normalized spacial score (nSPS) is 11.1. The quantitative estimate of drug-likeness (QED) is 0.667. The minimum atomic E-state index is -4.00. The summed E-state index contributed by atoms with van der Waals surface area (Å²) < 4.78 is 54.6. The molecule has 5 nitrogen and oxygen atoms in total. The summed E-state index contributed by atoms with van der Waals surface area (Å²) in [5.74, 6) is -2.06. The Kier molecular flexibility index (Phi) is 5.41. The predicted molar refractivity (Wildman–Crippen MR) is 103 cm³/mol. The highest BCUT2D eigenvalue weighted by atomic mass is 32.2. The van der Waals surface area contributed by atoms with Crippen LogP contribution in [0.2, 0.25) is 0 Å². The van der Waals surface area contributed by atoms with Crippen LogP contribution < -0.4 is 10.0 Å². The van der Waals surface area contributed by atoms with Gasteiger partial charge in [-0.15, -0.1) is 0 Å². The van der Waals surface area contributed by atoms with Crippen molar-refractivity contribution in [3.05, 3.63) is 89.5 Å². The largest absolute Gasteiger partial charge is 0.319 e. The van der Waals surface area contributed by atoms with Crippen LogP contribution in [0, 0.1) is 18.6 Å². The predicted octanol–water partition coefficient (Wildman–Crippen LogP) is 4.33. The minimum Gasteiger partial charge on any atom is -0.319 e. The lowest BCUT2D eigenvalue weighted by Crippen LogP contribution is -2.15. The molecule has 8 heteroatoms. The molecule has 0 bridgehead atoms. The van der Waals surface area contributed by atoms with Gasteiger partial charge in [0.05, 0.1) is 10.6 Å². The van der Waals surface area contributed by atoms with E-state index in [2.05, 4.69) is 10.0 Å². The van der Waals surface area contributed by atoms with Crippen molar-refractivity contribution in [2.45, 2.75) is 11.8 Å². The smallest absolute Gasteiger partial charge is 0.261 e. The molecule has 0 aromatic heterocycles. The third kappa shape index (κ3) is 4.52. The number of sulfonamides is 1. The molecule has 0 aliphatic rings. The zero-order valence-electron chi connectivity index (χ0n) is 14.7. The van der Waals surface area contributed by atoms with Gasteiger partial charge in [-0.2, -0.15) is 0 Å². The van der Waals surface area contributed by atoms with Crippen molar-refractivity contribution in [1.29, 1.82) is 0 Å². The number of carbonyl (C=O) groups excluding carboxylic acids is 1. The summed E-state index contributed by atoms with van der Waals surface area (Å²) in [6, 6.07) is 14.6. The van der Waals surface area contributed by atoms with Gasteiger partial charge in [0.1, 0.15) is 11.6 Å². The fraction of sp³-hybridized carbons (Fsp3) is 0.0500. The second-order valence-corrected chi connectivity index (χ2v) is 7.76. The standard InChI is InChI=1S/C20H16F2N2O3S/c1-13-3-2-4-16(11-13)24-28(26,27)17-9-10-19(18(22)12-17)23-20(25)14-5-7-15(21)8-6-14/h2-12,24H,1H3,(H,23,25). The van der Waals surface area contributed by atoms with Crippen LogP contribution in [0.5, 0.6) is 0 Å². The van der Waals surface area contributed by atoms with Gasteiger partial charge in [-0.05, 0) is 67.1 Å². The van der Waals surface area contributed by atoms with E-state index in [9.17, 15) is 22.0 Å². The van der Waals surface area contributed by atoms with Crippen molar-refractivity contribution in [2.24, 2.45) is 0 Å². The molecule has 0 saturated heterocycles. The first kappa shape index (κ1) is 19.5. The van der Waals surface area contributed by atoms with E-state index in [-0.39, 0.29) is 16.1 Å². The van der Waals surface area contributed by atoms with Crippen molar-refractivity contribution >= 4 is 27.3 Å². The first-order chi connectivity index (χ1) is 13.2. The Hall–Kier alpha value is -3.26. The zero-order chi connectivity index (χ0) is 20.3. The van der Waals surface area contributed by atoms with Gasteiger partial charge in [-0.3, -0.25) is 9.52 Å². The Morgan fingerprint density at radius 2 is 1.64 bits per heavy atom. The van der Waals surface area contributed by atoms with Gasteiger partial charge in [0.25, 0.3) is 15.9 Å². The number of anilines is 2. The summed E-state index contributed by atoms with van der Waals surface area (Å²) in [6.07, 6.45) is 0. The van der Waals surface area contributed by atoms with Crippen LogP contribution in [0.1, 0.15) is 15.9 Å². The highest BCUT2D eigenvalue weighted by Crippen LogP contribution is 2.22. The van der Waals surface area contributed by atoms with Crippen molar-refractivity contribution in [2.75, 3.05) is 10.0 Å². The molecule has 3 rings (SSSR count). The molecular weight excluding hydrogens is 386 g/mol. The number of carbonyl (C=O) groups is 1. The van der Waals surface area contributed by atoms with Crippen LogP contribution in [0.4, 0.5) is 20.2 Å². The van der Waals surface area contributed by atoms with Crippen molar-refractivity contribution in [3.8, 4) is 0 Å². The van der Waals surface area contributed by atoms with Crippen molar-refractivity contribution in [3.63, 3.8) is 0 Å². The summed E-state index contributed by atoms with van der Waals surface area (Å²) in [5.41, 5.74) is 1.17. The molecule has 0 radical (unpaired) electrons. The van der Waals surface area contributed by atoms with Crippen LogP contribution in [0.3, 0.4) is 0 Å². The Morgan fingerprint density at radius 1 is 0.929 bits per heavy atom. The summed E-state index contributed by atoms with van der Waals surface area (Å²) in [5, 5.41) is 2.33. The SMILES string of the molecule is Cc1cccc(NS(=O)(=O)c2ccc(NC(=O)c3ccc(F)cc3)c(F)c2)c1. The Balaban J connectivity index is 1.79. The second-order valence-electron chi connectivity index (χ2n) is 6.08. The zero-order valence-corrected chi connectivity index (χ0v) is 15.6. The Morgan fingerprint density at radius 3 is 2.29 bits per heavy atom. The molecule has 1 amide bonds. The average molecular weight is 402 g/mol. The summed E-state index contributed by atoms with van der Waals surface area (Å²) in [7, 11) is -4.00. The van der Waals surface area contributed by atoms with Crippen molar-refractivity contribution in [1.82, 2.24) is 0 Å².